The minimum Gasteiger partial charge on any atom is -0.453 e. The molecule has 1 heterocycles. The molecule has 6 nitrogen and oxygen atoms in total. The average Bonchev–Trinajstić information content (AvgIpc) is 2.72. The van der Waals surface area contributed by atoms with Crippen LogP contribution in [-0.2, 0) is 9.47 Å². The molecule has 1 aliphatic carbocycles. The fourth-order valence-corrected chi connectivity index (χ4v) is 4.37. The van der Waals surface area contributed by atoms with Crippen LogP contribution in [0.3, 0.4) is 0 Å². The van der Waals surface area contributed by atoms with Crippen molar-refractivity contribution in [1.82, 2.24) is 4.90 Å². The molecule has 0 unspecified atom stereocenters. The number of nitrogens with zero attached hydrogens (tertiary/aromatic N) is 2. The van der Waals surface area contributed by atoms with Crippen LogP contribution in [0.15, 0.2) is 24.3 Å². The van der Waals surface area contributed by atoms with Crippen molar-refractivity contribution in [3.63, 3.8) is 0 Å². The summed E-state index contributed by atoms with van der Waals surface area (Å²) in [7, 11) is 1.40. The van der Waals surface area contributed by atoms with Crippen molar-refractivity contribution in [2.24, 2.45) is 5.73 Å². The molecule has 6 heteroatoms. The zero-order valence-corrected chi connectivity index (χ0v) is 16.0. The van der Waals surface area contributed by atoms with Gasteiger partial charge in [-0.1, -0.05) is 18.2 Å². The minimum atomic E-state index is -0.324. The van der Waals surface area contributed by atoms with Crippen LogP contribution >= 0.6 is 0 Å². The van der Waals surface area contributed by atoms with E-state index in [1.54, 1.807) is 4.90 Å². The lowest BCUT2D eigenvalue weighted by atomic mass is 9.81. The second kappa shape index (κ2) is 9.20. The van der Waals surface area contributed by atoms with Gasteiger partial charge < -0.3 is 20.1 Å². The molecule has 0 aromatic heterocycles. The van der Waals surface area contributed by atoms with Crippen LogP contribution < -0.4 is 5.73 Å². The lowest BCUT2D eigenvalue weighted by Gasteiger charge is -2.39. The number of carbonyl (C=O) groups is 1. The summed E-state index contributed by atoms with van der Waals surface area (Å²) in [4.78, 5) is 13.7. The van der Waals surface area contributed by atoms with E-state index in [-0.39, 0.29) is 24.3 Å². The summed E-state index contributed by atoms with van der Waals surface area (Å²) in [6.45, 7) is 1.13. The summed E-state index contributed by atoms with van der Waals surface area (Å²) in [5, 5.41) is 9.32. The Labute approximate surface area is 161 Å². The second-order valence-electron chi connectivity index (χ2n) is 7.54. The number of hydrogen-bond donors (Lipinski definition) is 1. The molecule has 3 rings (SSSR count). The van der Waals surface area contributed by atoms with Gasteiger partial charge in [-0.3, -0.25) is 0 Å². The van der Waals surface area contributed by atoms with Crippen LogP contribution in [0.4, 0.5) is 4.79 Å². The van der Waals surface area contributed by atoms with Gasteiger partial charge in [0.25, 0.3) is 0 Å². The molecule has 0 bridgehead atoms. The number of rotatable bonds is 4. The van der Waals surface area contributed by atoms with Gasteiger partial charge in [0.2, 0.25) is 0 Å². The zero-order chi connectivity index (χ0) is 19.2. The monoisotopic (exact) mass is 371 g/mol. The smallest absolute Gasteiger partial charge is 0.409 e. The van der Waals surface area contributed by atoms with Gasteiger partial charge in [0, 0.05) is 12.6 Å². The standard InChI is InChI=1S/C21H29N3O3/c1-26-21(25)24-12-4-7-19(23)20(24)14-27-17-10-8-15(9-11-17)18-6-3-2-5-16(18)13-22/h2-3,5-6,15,17,19-20H,4,7-12,14,23H2,1H3/t15?,17?,19-,20-/m0/s1. The number of piperidine rings is 1. The van der Waals surface area contributed by atoms with Crippen molar-refractivity contribution in [3.05, 3.63) is 35.4 Å². The van der Waals surface area contributed by atoms with Crippen molar-refractivity contribution in [2.45, 2.75) is 62.6 Å². The molecule has 1 saturated heterocycles. The van der Waals surface area contributed by atoms with E-state index in [9.17, 15) is 10.1 Å². The van der Waals surface area contributed by atoms with Crippen LogP contribution in [0.1, 0.15) is 55.6 Å². The third-order valence-electron chi connectivity index (χ3n) is 5.94. The minimum absolute atomic E-state index is 0.0725. The van der Waals surface area contributed by atoms with Gasteiger partial charge >= 0.3 is 6.09 Å². The average molecular weight is 371 g/mol. The summed E-state index contributed by atoms with van der Waals surface area (Å²) >= 11 is 0. The zero-order valence-electron chi connectivity index (χ0n) is 16.0. The topological polar surface area (TPSA) is 88.6 Å². The summed E-state index contributed by atoms with van der Waals surface area (Å²) in [6.07, 6.45) is 5.62. The quantitative estimate of drug-likeness (QED) is 0.878. The first-order valence-corrected chi connectivity index (χ1v) is 9.84. The number of nitrogens with two attached hydrogens (primary N) is 1. The van der Waals surface area contributed by atoms with Gasteiger partial charge in [-0.15, -0.1) is 0 Å². The van der Waals surface area contributed by atoms with Gasteiger partial charge in [0.15, 0.2) is 0 Å². The molecule has 2 atom stereocenters. The van der Waals surface area contributed by atoms with Crippen molar-refractivity contribution in [2.75, 3.05) is 20.3 Å². The highest BCUT2D eigenvalue weighted by Crippen LogP contribution is 2.35. The van der Waals surface area contributed by atoms with E-state index in [0.717, 1.165) is 49.7 Å². The number of likely N-dealkylation sites (tertiary alicyclic amines) is 1. The number of methoxy groups -OCH3 is 1. The van der Waals surface area contributed by atoms with Gasteiger partial charge in [-0.05, 0) is 56.1 Å². The van der Waals surface area contributed by atoms with Crippen LogP contribution in [0.2, 0.25) is 0 Å². The Balaban J connectivity index is 1.53. The molecule has 1 aromatic rings. The van der Waals surface area contributed by atoms with Crippen molar-refractivity contribution in [3.8, 4) is 6.07 Å². The third-order valence-corrected chi connectivity index (χ3v) is 5.94. The van der Waals surface area contributed by atoms with E-state index in [1.807, 2.05) is 18.2 Å². The maximum absolute atomic E-state index is 12.0. The van der Waals surface area contributed by atoms with Gasteiger partial charge in [-0.25, -0.2) is 4.79 Å². The van der Waals surface area contributed by atoms with E-state index in [1.165, 1.54) is 7.11 Å². The van der Waals surface area contributed by atoms with Crippen LogP contribution in [0.5, 0.6) is 0 Å². The van der Waals surface area contributed by atoms with Crippen LogP contribution in [-0.4, -0.2) is 49.4 Å². The first kappa shape index (κ1) is 19.7. The second-order valence-corrected chi connectivity index (χ2v) is 7.54. The molecule has 27 heavy (non-hydrogen) atoms. The number of carbonyl (C=O) groups excluding carboxylic acids is 1. The van der Waals surface area contributed by atoms with E-state index in [2.05, 4.69) is 12.1 Å². The van der Waals surface area contributed by atoms with Gasteiger partial charge in [0.1, 0.15) is 0 Å². The highest BCUT2D eigenvalue weighted by molar-refractivity contribution is 5.68. The van der Waals surface area contributed by atoms with Crippen molar-refractivity contribution < 1.29 is 14.3 Å². The first-order chi connectivity index (χ1) is 13.1. The first-order valence-electron chi connectivity index (χ1n) is 9.84. The maximum atomic E-state index is 12.0. The lowest BCUT2D eigenvalue weighted by molar-refractivity contribution is -0.0229. The van der Waals surface area contributed by atoms with Crippen molar-refractivity contribution in [1.29, 1.82) is 5.26 Å². The normalized spacial score (nSPS) is 28.4. The molecule has 1 aliphatic heterocycles. The fourth-order valence-electron chi connectivity index (χ4n) is 4.37. The van der Waals surface area contributed by atoms with E-state index in [4.69, 9.17) is 15.2 Å². The molecule has 1 amide bonds. The molecule has 2 N–H and O–H groups in total. The predicted molar refractivity (Wildman–Crippen MR) is 102 cm³/mol. The molecule has 0 spiro atoms. The molecule has 2 aliphatic rings. The highest BCUT2D eigenvalue weighted by Gasteiger charge is 2.34. The molecule has 146 valence electrons. The summed E-state index contributed by atoms with van der Waals surface area (Å²) < 4.78 is 11.1. The summed E-state index contributed by atoms with van der Waals surface area (Å²) in [6, 6.07) is 9.99. The summed E-state index contributed by atoms with van der Waals surface area (Å²) in [5.41, 5.74) is 8.19. The lowest BCUT2D eigenvalue weighted by Crippen LogP contribution is -2.56. The van der Waals surface area contributed by atoms with Crippen LogP contribution in [0, 0.1) is 11.3 Å². The van der Waals surface area contributed by atoms with Crippen molar-refractivity contribution >= 4 is 6.09 Å². The fraction of sp³-hybridized carbons (Fsp3) is 0.619. The Bertz CT molecular complexity index is 679. The third kappa shape index (κ3) is 4.60. The largest absolute Gasteiger partial charge is 0.453 e. The Hall–Kier alpha value is -2.10. The van der Waals surface area contributed by atoms with Gasteiger partial charge in [0.05, 0.1) is 37.5 Å². The van der Waals surface area contributed by atoms with Gasteiger partial charge in [-0.2, -0.15) is 5.26 Å². The molecule has 1 saturated carbocycles. The summed E-state index contributed by atoms with van der Waals surface area (Å²) in [5.74, 6) is 0.421. The van der Waals surface area contributed by atoms with E-state index < -0.39 is 0 Å². The number of hydrogen-bond acceptors (Lipinski definition) is 5. The molecular formula is C21H29N3O3. The number of benzene rings is 1. The Morgan fingerprint density at radius 1 is 1.26 bits per heavy atom. The van der Waals surface area contributed by atoms with E-state index >= 15 is 0 Å². The van der Waals surface area contributed by atoms with Crippen LogP contribution in [0.25, 0.3) is 0 Å². The molecule has 0 radical (unpaired) electrons. The Morgan fingerprint density at radius 2 is 2.00 bits per heavy atom. The Morgan fingerprint density at radius 3 is 2.70 bits per heavy atom. The molecular weight excluding hydrogens is 342 g/mol. The van der Waals surface area contributed by atoms with E-state index in [0.29, 0.717) is 19.1 Å². The maximum Gasteiger partial charge on any atom is 0.409 e. The number of amides is 1. The molecule has 1 aromatic carbocycles. The SMILES string of the molecule is COC(=O)N1CCC[C@H](N)[C@@H]1COC1CCC(c2ccccc2C#N)CC1. The Kier molecular flexibility index (Phi) is 6.70. The number of nitriles is 1. The highest BCUT2D eigenvalue weighted by atomic mass is 16.5. The number of ether oxygens (including phenoxy) is 2. The predicted octanol–water partition coefficient (Wildman–Crippen LogP) is 3.16. The molecule has 2 fully saturated rings.